The summed E-state index contributed by atoms with van der Waals surface area (Å²) < 4.78 is 5.72. The highest BCUT2D eigenvalue weighted by molar-refractivity contribution is 5.99. The molecule has 1 atom stereocenters. The molecule has 42 heavy (non-hydrogen) atoms. The van der Waals surface area contributed by atoms with Crippen molar-refractivity contribution in [1.29, 1.82) is 0 Å². The summed E-state index contributed by atoms with van der Waals surface area (Å²) in [5.74, 6) is -1.67. The molecule has 8 heteroatoms. The molecule has 4 aromatic rings. The molecule has 0 saturated heterocycles. The van der Waals surface area contributed by atoms with Crippen molar-refractivity contribution >= 4 is 23.7 Å². The van der Waals surface area contributed by atoms with E-state index in [9.17, 15) is 19.5 Å². The van der Waals surface area contributed by atoms with Gasteiger partial charge in [0, 0.05) is 24.7 Å². The van der Waals surface area contributed by atoms with Crippen molar-refractivity contribution in [2.75, 3.05) is 25.5 Å². The predicted molar refractivity (Wildman–Crippen MR) is 162 cm³/mol. The van der Waals surface area contributed by atoms with Crippen molar-refractivity contribution in [3.8, 4) is 11.1 Å². The van der Waals surface area contributed by atoms with Crippen LogP contribution < -0.4 is 10.6 Å². The van der Waals surface area contributed by atoms with Crippen LogP contribution in [0.4, 0.5) is 10.5 Å². The minimum absolute atomic E-state index is 0.0926. The Morgan fingerprint density at radius 3 is 2.12 bits per heavy atom. The van der Waals surface area contributed by atoms with E-state index in [1.54, 1.807) is 19.1 Å². The number of aromatic carboxylic acids is 1. The Morgan fingerprint density at radius 1 is 0.857 bits per heavy atom. The summed E-state index contributed by atoms with van der Waals surface area (Å²) in [5, 5.41) is 15.0. The van der Waals surface area contributed by atoms with Crippen LogP contribution in [0.25, 0.3) is 11.1 Å². The Hall–Kier alpha value is -4.95. The summed E-state index contributed by atoms with van der Waals surface area (Å²) in [7, 11) is 1.86. The van der Waals surface area contributed by atoms with E-state index in [0.717, 1.165) is 27.8 Å². The number of amides is 2. The van der Waals surface area contributed by atoms with Gasteiger partial charge in [-0.05, 0) is 59.5 Å². The van der Waals surface area contributed by atoms with Gasteiger partial charge in [-0.15, -0.1) is 0 Å². The average molecular weight is 564 g/mol. The maximum absolute atomic E-state index is 13.5. The number of alkyl carbamates (subject to hydrolysis) is 1. The lowest BCUT2D eigenvalue weighted by Gasteiger charge is -2.25. The molecule has 0 aromatic heterocycles. The predicted octanol–water partition coefficient (Wildman–Crippen LogP) is 5.67. The van der Waals surface area contributed by atoms with Gasteiger partial charge in [-0.3, -0.25) is 9.69 Å². The Labute approximate surface area is 244 Å². The van der Waals surface area contributed by atoms with Gasteiger partial charge in [0.1, 0.15) is 12.6 Å². The molecule has 0 heterocycles. The van der Waals surface area contributed by atoms with Crippen LogP contribution in [-0.4, -0.2) is 54.2 Å². The van der Waals surface area contributed by atoms with Crippen LogP contribution in [-0.2, 0) is 16.1 Å². The summed E-state index contributed by atoms with van der Waals surface area (Å²) in [4.78, 5) is 40.2. The highest BCUT2D eigenvalue weighted by atomic mass is 16.5. The number of carbonyl (C=O) groups is 3. The standard InChI is InChI=1S/C34H33N3O5/c1-22-24(33(39)40)17-10-18-30(22)35-32(38)31(20-37(2)19-23-11-4-3-5-12-23)36-34(41)42-21-29-27-15-8-6-13-25(27)26-14-7-9-16-28(26)29/h3-18,29,31H,19-21H2,1-2H3,(H,35,38)(H,36,41)(H,39,40). The molecule has 1 aliphatic carbocycles. The van der Waals surface area contributed by atoms with Gasteiger partial charge in [-0.2, -0.15) is 0 Å². The van der Waals surface area contributed by atoms with E-state index in [-0.39, 0.29) is 24.6 Å². The molecule has 1 unspecified atom stereocenters. The van der Waals surface area contributed by atoms with Gasteiger partial charge in [-0.25, -0.2) is 9.59 Å². The number of fused-ring (bicyclic) bond motifs is 3. The van der Waals surface area contributed by atoms with Crippen LogP contribution in [0.5, 0.6) is 0 Å². The molecule has 0 bridgehead atoms. The molecule has 0 fully saturated rings. The van der Waals surface area contributed by atoms with Crippen molar-refractivity contribution in [1.82, 2.24) is 10.2 Å². The maximum atomic E-state index is 13.5. The third-order valence-electron chi connectivity index (χ3n) is 7.56. The number of benzene rings is 4. The number of likely N-dealkylation sites (N-methyl/N-ethyl adjacent to an activating group) is 1. The Bertz CT molecular complexity index is 1560. The molecule has 2 amide bonds. The van der Waals surface area contributed by atoms with E-state index in [1.807, 2.05) is 78.7 Å². The maximum Gasteiger partial charge on any atom is 0.407 e. The van der Waals surface area contributed by atoms with Crippen LogP contribution in [0.15, 0.2) is 97.1 Å². The molecule has 0 aliphatic heterocycles. The zero-order valence-electron chi connectivity index (χ0n) is 23.5. The van der Waals surface area contributed by atoms with Gasteiger partial charge in [0.25, 0.3) is 0 Å². The topological polar surface area (TPSA) is 108 Å². The molecule has 0 saturated carbocycles. The Kier molecular flexibility index (Phi) is 8.64. The number of nitrogens with one attached hydrogen (secondary N) is 2. The third-order valence-corrected chi connectivity index (χ3v) is 7.56. The molecule has 0 radical (unpaired) electrons. The quantitative estimate of drug-likeness (QED) is 0.229. The van der Waals surface area contributed by atoms with Gasteiger partial charge in [0.15, 0.2) is 0 Å². The fraction of sp³-hybridized carbons (Fsp3) is 0.206. The van der Waals surface area contributed by atoms with Crippen molar-refractivity contribution in [3.05, 3.63) is 125 Å². The van der Waals surface area contributed by atoms with E-state index in [4.69, 9.17) is 4.74 Å². The molecule has 0 spiro atoms. The summed E-state index contributed by atoms with van der Waals surface area (Å²) in [6.07, 6.45) is -0.707. The minimum Gasteiger partial charge on any atom is -0.478 e. The van der Waals surface area contributed by atoms with Crippen molar-refractivity contribution in [2.24, 2.45) is 0 Å². The van der Waals surface area contributed by atoms with Crippen LogP contribution in [0, 0.1) is 6.92 Å². The number of anilines is 1. The Balaban J connectivity index is 1.31. The Morgan fingerprint density at radius 2 is 1.48 bits per heavy atom. The normalized spacial score (nSPS) is 12.7. The lowest BCUT2D eigenvalue weighted by atomic mass is 9.98. The lowest BCUT2D eigenvalue weighted by molar-refractivity contribution is -0.118. The number of hydrogen-bond acceptors (Lipinski definition) is 5. The smallest absolute Gasteiger partial charge is 0.407 e. The largest absolute Gasteiger partial charge is 0.478 e. The van der Waals surface area contributed by atoms with Crippen LogP contribution >= 0.6 is 0 Å². The fourth-order valence-corrected chi connectivity index (χ4v) is 5.47. The third kappa shape index (κ3) is 6.34. The average Bonchev–Trinajstić information content (AvgIpc) is 3.30. The van der Waals surface area contributed by atoms with Gasteiger partial charge >= 0.3 is 12.1 Å². The molecule has 8 nitrogen and oxygen atoms in total. The molecule has 3 N–H and O–H groups in total. The summed E-state index contributed by atoms with van der Waals surface area (Å²) in [6.45, 7) is 2.51. The van der Waals surface area contributed by atoms with Crippen LogP contribution in [0.1, 0.15) is 38.5 Å². The molecule has 5 rings (SSSR count). The van der Waals surface area contributed by atoms with Crippen molar-refractivity contribution in [3.63, 3.8) is 0 Å². The van der Waals surface area contributed by atoms with Gasteiger partial charge in [0.05, 0.1) is 5.56 Å². The zero-order chi connectivity index (χ0) is 29.6. The first-order valence-electron chi connectivity index (χ1n) is 13.8. The number of rotatable bonds is 10. The second kappa shape index (κ2) is 12.7. The second-order valence-electron chi connectivity index (χ2n) is 10.5. The molecular weight excluding hydrogens is 530 g/mol. The van der Waals surface area contributed by atoms with E-state index < -0.39 is 24.0 Å². The van der Waals surface area contributed by atoms with Crippen LogP contribution in [0.2, 0.25) is 0 Å². The first-order chi connectivity index (χ1) is 20.3. The number of carboxylic acid groups (broad SMARTS) is 1. The van der Waals surface area contributed by atoms with E-state index in [0.29, 0.717) is 17.8 Å². The molecule has 1 aliphatic rings. The number of nitrogens with zero attached hydrogens (tertiary/aromatic N) is 1. The van der Waals surface area contributed by atoms with Crippen molar-refractivity contribution < 1.29 is 24.2 Å². The number of carbonyl (C=O) groups excluding carboxylic acids is 2. The van der Waals surface area contributed by atoms with E-state index >= 15 is 0 Å². The molecule has 4 aromatic carbocycles. The second-order valence-corrected chi connectivity index (χ2v) is 10.5. The van der Waals surface area contributed by atoms with E-state index in [1.165, 1.54) is 6.07 Å². The highest BCUT2D eigenvalue weighted by Crippen LogP contribution is 2.44. The lowest BCUT2D eigenvalue weighted by Crippen LogP contribution is -2.50. The number of hydrogen-bond donors (Lipinski definition) is 3. The fourth-order valence-electron chi connectivity index (χ4n) is 5.47. The van der Waals surface area contributed by atoms with E-state index in [2.05, 4.69) is 22.8 Å². The zero-order valence-corrected chi connectivity index (χ0v) is 23.5. The summed E-state index contributed by atoms with van der Waals surface area (Å²) in [6, 6.07) is 29.7. The minimum atomic E-state index is -1.08. The number of carboxylic acids is 1. The highest BCUT2D eigenvalue weighted by Gasteiger charge is 2.30. The van der Waals surface area contributed by atoms with Crippen LogP contribution in [0.3, 0.4) is 0 Å². The number of ether oxygens (including phenoxy) is 1. The van der Waals surface area contributed by atoms with Gasteiger partial charge in [0.2, 0.25) is 5.91 Å². The summed E-state index contributed by atoms with van der Waals surface area (Å²) >= 11 is 0. The first kappa shape index (κ1) is 28.6. The summed E-state index contributed by atoms with van der Waals surface area (Å²) in [5.41, 5.74) is 6.39. The van der Waals surface area contributed by atoms with Gasteiger partial charge < -0.3 is 20.5 Å². The van der Waals surface area contributed by atoms with Gasteiger partial charge in [-0.1, -0.05) is 84.9 Å². The SMILES string of the molecule is Cc1c(NC(=O)C(CN(C)Cc2ccccc2)NC(=O)OCC2c3ccccc3-c3ccccc32)cccc1C(=O)O. The van der Waals surface area contributed by atoms with Crippen molar-refractivity contribution in [2.45, 2.75) is 25.4 Å². The molecular formula is C34H33N3O5. The first-order valence-corrected chi connectivity index (χ1v) is 13.8. The monoisotopic (exact) mass is 563 g/mol. The molecule has 214 valence electrons.